The first kappa shape index (κ1) is 19.0. The van der Waals surface area contributed by atoms with Crippen molar-refractivity contribution in [2.75, 3.05) is 0 Å². The Kier molecular flexibility index (Phi) is 4.98. The summed E-state index contributed by atoms with van der Waals surface area (Å²) in [6.07, 6.45) is 0. The highest BCUT2D eigenvalue weighted by Crippen LogP contribution is 2.32. The Bertz CT molecular complexity index is 1230. The number of primary amides is 1. The second kappa shape index (κ2) is 7.60. The fourth-order valence-corrected chi connectivity index (χ4v) is 3.75. The average Bonchev–Trinajstić information content (AvgIpc) is 2.98. The molecule has 2 aromatic carbocycles. The summed E-state index contributed by atoms with van der Waals surface area (Å²) in [5.41, 5.74) is 17.6. The maximum Gasteiger partial charge on any atom is 0.269 e. The number of carbonyl (C=O) groups excluding carboxylic acids is 1. The molecule has 3 aromatic rings. The van der Waals surface area contributed by atoms with E-state index in [1.54, 1.807) is 28.8 Å². The van der Waals surface area contributed by atoms with Crippen LogP contribution in [0.2, 0.25) is 10.0 Å². The third-order valence-corrected chi connectivity index (χ3v) is 5.09. The van der Waals surface area contributed by atoms with Gasteiger partial charge in [0.25, 0.3) is 5.91 Å². The van der Waals surface area contributed by atoms with E-state index in [1.165, 1.54) is 0 Å². The molecule has 0 unspecified atom stereocenters. The second-order valence-electron chi connectivity index (χ2n) is 6.22. The van der Waals surface area contributed by atoms with Gasteiger partial charge < -0.3 is 5.73 Å². The summed E-state index contributed by atoms with van der Waals surface area (Å²) >= 11 is 12.7. The number of amides is 1. The minimum absolute atomic E-state index is 0.0553. The van der Waals surface area contributed by atoms with E-state index in [-0.39, 0.29) is 18.8 Å². The SMILES string of the molecule is [N-]=[N+]=NCc1nc(C(N)=O)c2n1-c1ccc(Cl)cc1C(c1ccccc1Cl)=NC2. The Morgan fingerprint density at radius 3 is 2.76 bits per heavy atom. The molecule has 29 heavy (non-hydrogen) atoms. The number of fused-ring (bicyclic) bond motifs is 3. The Morgan fingerprint density at radius 2 is 2.03 bits per heavy atom. The standard InChI is InChI=1S/C19H13Cl2N7O/c20-10-5-6-14-12(7-10)17(11-3-1-2-4-13(11)21)24-8-15-18(19(22)29)26-16(28(14)15)9-25-27-23/h1-7H,8-9H2,(H2,22,29). The van der Waals surface area contributed by atoms with Gasteiger partial charge in [0.15, 0.2) is 5.69 Å². The van der Waals surface area contributed by atoms with Crippen LogP contribution in [0.3, 0.4) is 0 Å². The van der Waals surface area contributed by atoms with Crippen LogP contribution in [0.25, 0.3) is 16.1 Å². The maximum absolute atomic E-state index is 12.0. The highest BCUT2D eigenvalue weighted by molar-refractivity contribution is 6.36. The number of aliphatic imine (C=N–C) groups is 1. The molecule has 2 heterocycles. The summed E-state index contributed by atoms with van der Waals surface area (Å²) < 4.78 is 1.74. The highest BCUT2D eigenvalue weighted by Gasteiger charge is 2.27. The Balaban J connectivity index is 2.04. The first-order chi connectivity index (χ1) is 14.0. The van der Waals surface area contributed by atoms with Gasteiger partial charge in [0.1, 0.15) is 5.82 Å². The number of nitrogens with zero attached hydrogens (tertiary/aromatic N) is 6. The number of imidazole rings is 1. The largest absolute Gasteiger partial charge is 0.364 e. The van der Waals surface area contributed by atoms with Gasteiger partial charge in [-0.05, 0) is 29.8 Å². The van der Waals surface area contributed by atoms with Gasteiger partial charge in [-0.3, -0.25) is 14.4 Å². The number of halogens is 2. The predicted molar refractivity (Wildman–Crippen MR) is 111 cm³/mol. The van der Waals surface area contributed by atoms with Crippen LogP contribution in [0, 0.1) is 0 Å². The van der Waals surface area contributed by atoms with Crippen LogP contribution in [-0.4, -0.2) is 21.2 Å². The molecule has 1 aromatic heterocycles. The topological polar surface area (TPSA) is 122 Å². The van der Waals surface area contributed by atoms with Gasteiger partial charge in [-0.15, -0.1) is 0 Å². The quantitative estimate of drug-likeness (QED) is 0.377. The van der Waals surface area contributed by atoms with E-state index in [0.29, 0.717) is 38.5 Å². The van der Waals surface area contributed by atoms with Crippen molar-refractivity contribution in [3.8, 4) is 5.69 Å². The molecule has 0 fully saturated rings. The average molecular weight is 426 g/mol. The number of rotatable bonds is 4. The monoisotopic (exact) mass is 425 g/mol. The fraction of sp³-hybridized carbons (Fsp3) is 0.105. The molecule has 0 spiro atoms. The summed E-state index contributed by atoms with van der Waals surface area (Å²) in [6, 6.07) is 12.6. The smallest absolute Gasteiger partial charge is 0.269 e. The van der Waals surface area contributed by atoms with Gasteiger partial charge in [0.05, 0.1) is 30.2 Å². The number of carbonyl (C=O) groups is 1. The lowest BCUT2D eigenvalue weighted by atomic mass is 10.0. The number of benzene rings is 2. The zero-order valence-corrected chi connectivity index (χ0v) is 16.4. The van der Waals surface area contributed by atoms with Crippen molar-refractivity contribution in [3.63, 3.8) is 0 Å². The van der Waals surface area contributed by atoms with Crippen molar-refractivity contribution in [1.82, 2.24) is 9.55 Å². The molecular formula is C19H13Cl2N7O. The van der Waals surface area contributed by atoms with Crippen molar-refractivity contribution in [2.45, 2.75) is 13.1 Å². The molecule has 1 aliphatic heterocycles. The van der Waals surface area contributed by atoms with Gasteiger partial charge in [0, 0.05) is 26.1 Å². The Hall–Kier alpha value is -3.32. The van der Waals surface area contributed by atoms with Gasteiger partial charge in [0.2, 0.25) is 0 Å². The Labute approximate surface area is 175 Å². The zero-order valence-electron chi connectivity index (χ0n) is 14.9. The number of aromatic nitrogens is 2. The van der Waals surface area contributed by atoms with Gasteiger partial charge >= 0.3 is 0 Å². The molecule has 0 atom stereocenters. The molecule has 2 N–H and O–H groups in total. The lowest BCUT2D eigenvalue weighted by Gasteiger charge is -2.14. The Morgan fingerprint density at radius 1 is 1.24 bits per heavy atom. The van der Waals surface area contributed by atoms with Crippen LogP contribution in [0.15, 0.2) is 52.6 Å². The van der Waals surface area contributed by atoms with Crippen LogP contribution in [-0.2, 0) is 13.1 Å². The van der Waals surface area contributed by atoms with Crippen molar-refractivity contribution in [2.24, 2.45) is 15.8 Å². The summed E-state index contributed by atoms with van der Waals surface area (Å²) in [7, 11) is 0. The van der Waals surface area contributed by atoms with E-state index in [1.807, 2.05) is 18.2 Å². The number of hydrogen-bond donors (Lipinski definition) is 1. The summed E-state index contributed by atoms with van der Waals surface area (Å²) in [6.45, 7) is 0.0780. The molecule has 4 rings (SSSR count). The molecule has 0 radical (unpaired) electrons. The number of nitrogens with two attached hydrogens (primary N) is 1. The van der Waals surface area contributed by atoms with Gasteiger partial charge in [-0.1, -0.05) is 46.5 Å². The lowest BCUT2D eigenvalue weighted by Crippen LogP contribution is -2.14. The molecule has 0 saturated heterocycles. The molecule has 8 nitrogen and oxygen atoms in total. The molecular weight excluding hydrogens is 413 g/mol. The molecule has 144 valence electrons. The van der Waals surface area contributed by atoms with E-state index >= 15 is 0 Å². The third-order valence-electron chi connectivity index (χ3n) is 4.52. The number of azide groups is 1. The van der Waals surface area contributed by atoms with Crippen LogP contribution in [0.5, 0.6) is 0 Å². The predicted octanol–water partition coefficient (Wildman–Crippen LogP) is 4.44. The minimum Gasteiger partial charge on any atom is -0.364 e. The maximum atomic E-state index is 12.0. The number of hydrogen-bond acceptors (Lipinski definition) is 4. The highest BCUT2D eigenvalue weighted by atomic mass is 35.5. The second-order valence-corrected chi connectivity index (χ2v) is 7.06. The first-order valence-corrected chi connectivity index (χ1v) is 9.27. The minimum atomic E-state index is -0.687. The van der Waals surface area contributed by atoms with Crippen LogP contribution < -0.4 is 5.73 Å². The van der Waals surface area contributed by atoms with E-state index in [2.05, 4.69) is 15.0 Å². The van der Waals surface area contributed by atoms with Crippen molar-refractivity contribution in [1.29, 1.82) is 0 Å². The van der Waals surface area contributed by atoms with Crippen molar-refractivity contribution >= 4 is 34.8 Å². The van der Waals surface area contributed by atoms with E-state index in [0.717, 1.165) is 5.56 Å². The van der Waals surface area contributed by atoms with E-state index in [9.17, 15) is 4.79 Å². The molecule has 10 heteroatoms. The van der Waals surface area contributed by atoms with Gasteiger partial charge in [-0.2, -0.15) is 0 Å². The normalized spacial score (nSPS) is 12.3. The molecule has 1 amide bonds. The van der Waals surface area contributed by atoms with Crippen molar-refractivity contribution in [3.05, 3.63) is 91.3 Å². The molecule has 0 aliphatic carbocycles. The fourth-order valence-electron chi connectivity index (χ4n) is 3.35. The van der Waals surface area contributed by atoms with Crippen LogP contribution in [0.4, 0.5) is 0 Å². The van der Waals surface area contributed by atoms with Crippen molar-refractivity contribution < 1.29 is 4.79 Å². The van der Waals surface area contributed by atoms with Crippen LogP contribution >= 0.6 is 23.2 Å². The summed E-state index contributed by atoms with van der Waals surface area (Å²) in [5, 5.41) is 4.64. The first-order valence-electron chi connectivity index (χ1n) is 8.52. The lowest BCUT2D eigenvalue weighted by molar-refractivity contribution is 0.0995. The molecule has 0 saturated carbocycles. The molecule has 0 bridgehead atoms. The summed E-state index contributed by atoms with van der Waals surface area (Å²) in [5.74, 6) is -0.307. The van der Waals surface area contributed by atoms with E-state index in [4.69, 9.17) is 39.5 Å². The van der Waals surface area contributed by atoms with Crippen LogP contribution in [0.1, 0.15) is 33.1 Å². The van der Waals surface area contributed by atoms with E-state index < -0.39 is 5.91 Å². The summed E-state index contributed by atoms with van der Waals surface area (Å²) in [4.78, 5) is 23.8. The molecule has 1 aliphatic rings. The zero-order chi connectivity index (χ0) is 20.5. The third kappa shape index (κ3) is 3.34. The van der Waals surface area contributed by atoms with Gasteiger partial charge in [-0.25, -0.2) is 4.98 Å².